The van der Waals surface area contributed by atoms with Crippen molar-refractivity contribution in [3.05, 3.63) is 35.9 Å². The normalized spacial score (nSPS) is 17.4. The first-order valence-corrected chi connectivity index (χ1v) is 8.54. The lowest BCUT2D eigenvalue weighted by atomic mass is 10.0. The van der Waals surface area contributed by atoms with Gasteiger partial charge in [0.1, 0.15) is 5.75 Å². The van der Waals surface area contributed by atoms with Gasteiger partial charge in [-0.1, -0.05) is 18.2 Å². The summed E-state index contributed by atoms with van der Waals surface area (Å²) in [5, 5.41) is 5.52. The molecular weight excluding hydrogens is 324 g/mol. The molecule has 0 aromatic heterocycles. The van der Waals surface area contributed by atoms with Crippen molar-refractivity contribution in [2.24, 2.45) is 5.14 Å². The van der Waals surface area contributed by atoms with Gasteiger partial charge in [0, 0.05) is 0 Å². The molecule has 128 valence electrons. The van der Waals surface area contributed by atoms with Crippen molar-refractivity contribution in [1.82, 2.24) is 0 Å². The summed E-state index contributed by atoms with van der Waals surface area (Å²) in [6.45, 7) is 0.927. The summed E-state index contributed by atoms with van der Waals surface area (Å²) in [5.74, 6) is 0.0708. The molecule has 0 heterocycles. The lowest BCUT2D eigenvalue weighted by Gasteiger charge is -2.20. The molecule has 0 spiro atoms. The quantitative estimate of drug-likeness (QED) is 0.787. The van der Waals surface area contributed by atoms with Crippen LogP contribution in [0.15, 0.2) is 30.3 Å². The van der Waals surface area contributed by atoms with Crippen LogP contribution in [-0.2, 0) is 15.7 Å². The Hall–Kier alpha value is -1.31. The lowest BCUT2D eigenvalue weighted by molar-refractivity contribution is -0.0498. The minimum absolute atomic E-state index is 0.0708. The first kappa shape index (κ1) is 18.0. The van der Waals surface area contributed by atoms with E-state index in [1.807, 2.05) is 0 Å². The van der Waals surface area contributed by atoms with Crippen molar-refractivity contribution >= 4 is 16.6 Å². The number of ether oxygens (including phenoxy) is 2. The molecule has 1 aromatic rings. The zero-order valence-corrected chi connectivity index (χ0v) is 13.9. The first-order chi connectivity index (χ1) is 10.8. The van der Waals surface area contributed by atoms with Gasteiger partial charge in [0.2, 0.25) is 0 Å². The van der Waals surface area contributed by atoms with Crippen molar-refractivity contribution in [3.63, 3.8) is 0 Å². The number of halogens is 2. The van der Waals surface area contributed by atoms with Gasteiger partial charge in [-0.3, -0.25) is 5.14 Å². The van der Waals surface area contributed by atoms with Gasteiger partial charge >= 0.3 is 6.61 Å². The predicted octanol–water partition coefficient (Wildman–Crippen LogP) is 3.25. The summed E-state index contributed by atoms with van der Waals surface area (Å²) in [5.41, 5.74) is 1.43. The minimum Gasteiger partial charge on any atom is -0.435 e. The highest BCUT2D eigenvalue weighted by molar-refractivity contribution is 7.84. The fraction of sp³-hybridized carbons (Fsp3) is 0.500. The second-order valence-corrected chi connectivity index (χ2v) is 7.63. The zero-order valence-electron chi connectivity index (χ0n) is 13.1. The molecule has 1 unspecified atom stereocenters. The van der Waals surface area contributed by atoms with E-state index in [9.17, 15) is 13.0 Å². The third-order valence-corrected chi connectivity index (χ3v) is 4.62. The molecule has 7 heteroatoms. The first-order valence-electron chi connectivity index (χ1n) is 7.33. The highest BCUT2D eigenvalue weighted by Gasteiger charge is 2.25. The summed E-state index contributed by atoms with van der Waals surface area (Å²) < 4.78 is 45.8. The SMILES string of the molecule is CC(C)(C=C(COC1CC1)c1cccc(OC(F)F)c1)S(N)=O. The van der Waals surface area contributed by atoms with Crippen molar-refractivity contribution in [3.8, 4) is 5.75 Å². The summed E-state index contributed by atoms with van der Waals surface area (Å²) >= 11 is 0. The van der Waals surface area contributed by atoms with E-state index in [2.05, 4.69) is 4.74 Å². The number of rotatable bonds is 8. The van der Waals surface area contributed by atoms with Gasteiger partial charge < -0.3 is 9.47 Å². The van der Waals surface area contributed by atoms with E-state index in [4.69, 9.17) is 9.88 Å². The molecule has 1 aliphatic carbocycles. The van der Waals surface area contributed by atoms with Gasteiger partial charge in [0.15, 0.2) is 0 Å². The molecular formula is C16H21F2NO3S. The van der Waals surface area contributed by atoms with E-state index < -0.39 is 22.3 Å². The van der Waals surface area contributed by atoms with Crippen LogP contribution < -0.4 is 9.88 Å². The third-order valence-electron chi connectivity index (χ3n) is 3.47. The van der Waals surface area contributed by atoms with Gasteiger partial charge in [0.25, 0.3) is 0 Å². The van der Waals surface area contributed by atoms with Crippen LogP contribution in [0.5, 0.6) is 5.75 Å². The van der Waals surface area contributed by atoms with Crippen LogP contribution in [0.2, 0.25) is 0 Å². The van der Waals surface area contributed by atoms with Crippen molar-refractivity contribution in [2.45, 2.75) is 44.2 Å². The van der Waals surface area contributed by atoms with Crippen molar-refractivity contribution in [1.29, 1.82) is 0 Å². The summed E-state index contributed by atoms with van der Waals surface area (Å²) in [7, 11) is -1.57. The standard InChI is InChI=1S/C16H21F2NO3S/c1-16(2,23(19)20)9-12(10-21-13-6-7-13)11-4-3-5-14(8-11)22-15(17)18/h3-5,8-9,13,15H,6-7,10,19H2,1-2H3. The number of benzene rings is 1. The van der Waals surface area contributed by atoms with E-state index in [1.165, 1.54) is 12.1 Å². The minimum atomic E-state index is -2.88. The molecule has 2 N–H and O–H groups in total. The zero-order chi connectivity index (χ0) is 17.0. The van der Waals surface area contributed by atoms with Crippen LogP contribution >= 0.6 is 0 Å². The van der Waals surface area contributed by atoms with E-state index in [1.54, 1.807) is 32.1 Å². The van der Waals surface area contributed by atoms with Crippen LogP contribution in [-0.4, -0.2) is 28.3 Å². The average molecular weight is 345 g/mol. The average Bonchev–Trinajstić information content (AvgIpc) is 3.27. The molecule has 0 aliphatic heterocycles. The van der Waals surface area contributed by atoms with Crippen LogP contribution in [0.1, 0.15) is 32.3 Å². The summed E-state index contributed by atoms with van der Waals surface area (Å²) in [6.07, 6.45) is 4.06. The molecule has 1 aromatic carbocycles. The van der Waals surface area contributed by atoms with Gasteiger partial charge in [-0.2, -0.15) is 8.78 Å². The monoisotopic (exact) mass is 345 g/mol. The molecule has 2 rings (SSSR count). The van der Waals surface area contributed by atoms with Crippen molar-refractivity contribution in [2.75, 3.05) is 6.61 Å². The fourth-order valence-corrected chi connectivity index (χ4v) is 2.26. The summed E-state index contributed by atoms with van der Waals surface area (Å²) in [4.78, 5) is 0. The second kappa shape index (κ2) is 7.51. The Labute approximate surface area is 137 Å². The van der Waals surface area contributed by atoms with Crippen molar-refractivity contribution < 1.29 is 22.5 Å². The molecule has 0 bridgehead atoms. The van der Waals surface area contributed by atoms with Crippen LogP contribution in [0.4, 0.5) is 8.78 Å². The molecule has 4 nitrogen and oxygen atoms in total. The van der Waals surface area contributed by atoms with Gasteiger partial charge in [-0.25, -0.2) is 4.21 Å². The number of nitrogens with two attached hydrogens (primary N) is 1. The number of hydrogen-bond donors (Lipinski definition) is 1. The Morgan fingerprint density at radius 2 is 2.17 bits per heavy atom. The maximum absolute atomic E-state index is 12.4. The Morgan fingerprint density at radius 3 is 2.74 bits per heavy atom. The van der Waals surface area contributed by atoms with E-state index >= 15 is 0 Å². The maximum atomic E-state index is 12.4. The third kappa shape index (κ3) is 5.67. The highest BCUT2D eigenvalue weighted by Crippen LogP contribution is 2.29. The largest absolute Gasteiger partial charge is 0.435 e. The molecule has 0 saturated heterocycles. The van der Waals surface area contributed by atoms with E-state index in [0.717, 1.165) is 18.4 Å². The molecule has 23 heavy (non-hydrogen) atoms. The lowest BCUT2D eigenvalue weighted by Crippen LogP contribution is -2.30. The molecule has 1 atom stereocenters. The summed E-state index contributed by atoms with van der Waals surface area (Å²) in [6, 6.07) is 6.38. The number of hydrogen-bond acceptors (Lipinski definition) is 3. The van der Waals surface area contributed by atoms with Crippen LogP contribution in [0.25, 0.3) is 5.57 Å². The van der Waals surface area contributed by atoms with Gasteiger partial charge in [-0.05, 0) is 50.0 Å². The molecule has 0 amide bonds. The smallest absolute Gasteiger partial charge is 0.387 e. The molecule has 1 saturated carbocycles. The Kier molecular flexibility index (Phi) is 5.89. The van der Waals surface area contributed by atoms with Gasteiger partial charge in [0.05, 0.1) is 28.4 Å². The Balaban J connectivity index is 2.28. The predicted molar refractivity (Wildman–Crippen MR) is 86.4 cm³/mol. The second-order valence-electron chi connectivity index (χ2n) is 5.99. The Morgan fingerprint density at radius 1 is 1.48 bits per heavy atom. The van der Waals surface area contributed by atoms with Gasteiger partial charge in [-0.15, -0.1) is 0 Å². The molecule has 1 fully saturated rings. The maximum Gasteiger partial charge on any atom is 0.387 e. The topological polar surface area (TPSA) is 61.6 Å². The van der Waals surface area contributed by atoms with Crippen LogP contribution in [0.3, 0.4) is 0 Å². The Bertz CT molecular complexity index is 601. The molecule has 0 radical (unpaired) electrons. The number of alkyl halides is 2. The molecule has 1 aliphatic rings. The van der Waals surface area contributed by atoms with Crippen LogP contribution in [0, 0.1) is 0 Å². The highest BCUT2D eigenvalue weighted by atomic mass is 32.2. The van der Waals surface area contributed by atoms with E-state index in [-0.39, 0.29) is 11.9 Å². The van der Waals surface area contributed by atoms with E-state index in [0.29, 0.717) is 12.2 Å². The fourth-order valence-electron chi connectivity index (χ4n) is 2.00.